The SMILES string of the molecule is CSc1ccccc1NC(=O)CN(C)C(=O)c1csc2c1CCC(C)C2. The minimum absolute atomic E-state index is 0.0442. The zero-order chi connectivity index (χ0) is 18.7. The normalized spacial score (nSPS) is 16.0. The van der Waals surface area contributed by atoms with Crippen molar-refractivity contribution < 1.29 is 9.59 Å². The van der Waals surface area contributed by atoms with E-state index in [-0.39, 0.29) is 18.4 Å². The van der Waals surface area contributed by atoms with Crippen molar-refractivity contribution in [3.8, 4) is 0 Å². The third-order valence-electron chi connectivity index (χ3n) is 4.74. The molecule has 138 valence electrons. The van der Waals surface area contributed by atoms with Gasteiger partial charge in [0.1, 0.15) is 0 Å². The number of hydrogen-bond acceptors (Lipinski definition) is 4. The van der Waals surface area contributed by atoms with Gasteiger partial charge >= 0.3 is 0 Å². The van der Waals surface area contributed by atoms with Gasteiger partial charge in [0.2, 0.25) is 5.91 Å². The van der Waals surface area contributed by atoms with Crippen LogP contribution in [0.2, 0.25) is 0 Å². The number of nitrogens with one attached hydrogen (secondary N) is 1. The molecule has 1 aliphatic carbocycles. The number of anilines is 1. The number of rotatable bonds is 5. The Morgan fingerprint density at radius 3 is 2.88 bits per heavy atom. The molecule has 4 nitrogen and oxygen atoms in total. The van der Waals surface area contributed by atoms with E-state index < -0.39 is 0 Å². The summed E-state index contributed by atoms with van der Waals surface area (Å²) in [7, 11) is 1.69. The molecule has 1 N–H and O–H groups in total. The van der Waals surface area contributed by atoms with Gasteiger partial charge in [0.05, 0.1) is 17.8 Å². The average Bonchev–Trinajstić information content (AvgIpc) is 3.04. The molecule has 1 heterocycles. The molecule has 1 atom stereocenters. The van der Waals surface area contributed by atoms with E-state index in [4.69, 9.17) is 0 Å². The van der Waals surface area contributed by atoms with E-state index in [0.29, 0.717) is 5.92 Å². The summed E-state index contributed by atoms with van der Waals surface area (Å²) in [5, 5.41) is 4.87. The molecule has 0 bridgehead atoms. The molecule has 1 aliphatic rings. The van der Waals surface area contributed by atoms with E-state index >= 15 is 0 Å². The molecule has 0 saturated carbocycles. The second-order valence-corrected chi connectivity index (χ2v) is 8.62. The first kappa shape index (κ1) is 19.0. The van der Waals surface area contributed by atoms with Crippen LogP contribution < -0.4 is 5.32 Å². The molecule has 0 radical (unpaired) electrons. The van der Waals surface area contributed by atoms with Crippen LogP contribution in [0.15, 0.2) is 34.5 Å². The quantitative estimate of drug-likeness (QED) is 0.777. The molecule has 6 heteroatoms. The van der Waals surface area contributed by atoms with Crippen molar-refractivity contribution in [2.45, 2.75) is 31.1 Å². The monoisotopic (exact) mass is 388 g/mol. The highest BCUT2D eigenvalue weighted by Crippen LogP contribution is 2.33. The number of thioether (sulfide) groups is 1. The van der Waals surface area contributed by atoms with Crippen LogP contribution in [0.5, 0.6) is 0 Å². The number of thiophene rings is 1. The summed E-state index contributed by atoms with van der Waals surface area (Å²) in [6, 6.07) is 7.68. The van der Waals surface area contributed by atoms with Crippen molar-refractivity contribution in [3.63, 3.8) is 0 Å². The molecular formula is C20H24N2O2S2. The molecule has 0 fully saturated rings. The second-order valence-electron chi connectivity index (χ2n) is 6.81. The van der Waals surface area contributed by atoms with Gasteiger partial charge in [-0.05, 0) is 49.1 Å². The van der Waals surface area contributed by atoms with E-state index in [0.717, 1.165) is 35.4 Å². The van der Waals surface area contributed by atoms with Crippen LogP contribution in [0.3, 0.4) is 0 Å². The van der Waals surface area contributed by atoms with Gasteiger partial charge in [-0.2, -0.15) is 0 Å². The Labute approximate surface area is 163 Å². The topological polar surface area (TPSA) is 49.4 Å². The lowest BCUT2D eigenvalue weighted by molar-refractivity contribution is -0.116. The number of likely N-dealkylation sites (N-methyl/N-ethyl adjacent to an activating group) is 1. The molecule has 0 aliphatic heterocycles. The molecule has 1 aromatic heterocycles. The van der Waals surface area contributed by atoms with Gasteiger partial charge in [0, 0.05) is 22.2 Å². The minimum Gasteiger partial charge on any atom is -0.332 e. The number of para-hydroxylation sites is 1. The standard InChI is InChI=1S/C20H24N2O2S2/c1-13-8-9-14-15(12-26-18(14)10-13)20(24)22(2)11-19(23)21-16-6-4-5-7-17(16)25-3/h4-7,12-13H,8-11H2,1-3H3,(H,21,23). The first-order chi connectivity index (χ1) is 12.5. The molecular weight excluding hydrogens is 364 g/mol. The fourth-order valence-electron chi connectivity index (χ4n) is 3.29. The number of carbonyl (C=O) groups excluding carboxylic acids is 2. The zero-order valence-electron chi connectivity index (χ0n) is 15.4. The molecule has 2 aromatic rings. The molecule has 0 saturated heterocycles. The lowest BCUT2D eigenvalue weighted by Crippen LogP contribution is -2.35. The molecule has 26 heavy (non-hydrogen) atoms. The maximum Gasteiger partial charge on any atom is 0.255 e. The summed E-state index contributed by atoms with van der Waals surface area (Å²) in [5.41, 5.74) is 2.75. The fraction of sp³-hybridized carbons (Fsp3) is 0.400. The second kappa shape index (κ2) is 8.27. The summed E-state index contributed by atoms with van der Waals surface area (Å²) in [5.74, 6) is 0.439. The number of hydrogen-bond donors (Lipinski definition) is 1. The first-order valence-electron chi connectivity index (χ1n) is 8.77. The summed E-state index contributed by atoms with van der Waals surface area (Å²) < 4.78 is 0. The maximum absolute atomic E-state index is 12.8. The number of benzene rings is 1. The predicted octanol–water partition coefficient (Wildman–Crippen LogP) is 4.31. The van der Waals surface area contributed by atoms with E-state index in [1.807, 2.05) is 35.9 Å². The van der Waals surface area contributed by atoms with E-state index in [1.54, 1.807) is 30.1 Å². The van der Waals surface area contributed by atoms with Crippen molar-refractivity contribution in [1.29, 1.82) is 0 Å². The Bertz CT molecular complexity index is 816. The van der Waals surface area contributed by atoms with Gasteiger partial charge in [0.15, 0.2) is 0 Å². The number of amides is 2. The largest absolute Gasteiger partial charge is 0.332 e. The number of nitrogens with zero attached hydrogens (tertiary/aromatic N) is 1. The van der Waals surface area contributed by atoms with Crippen molar-refractivity contribution >= 4 is 40.6 Å². The average molecular weight is 389 g/mol. The highest BCUT2D eigenvalue weighted by Gasteiger charge is 2.25. The lowest BCUT2D eigenvalue weighted by Gasteiger charge is -2.21. The highest BCUT2D eigenvalue weighted by molar-refractivity contribution is 7.98. The van der Waals surface area contributed by atoms with E-state index in [2.05, 4.69) is 12.2 Å². The van der Waals surface area contributed by atoms with Gasteiger partial charge in [-0.3, -0.25) is 9.59 Å². The minimum atomic E-state index is -0.180. The van der Waals surface area contributed by atoms with Crippen LogP contribution in [-0.2, 0) is 17.6 Å². The van der Waals surface area contributed by atoms with Crippen LogP contribution in [-0.4, -0.2) is 36.6 Å². The van der Waals surface area contributed by atoms with Gasteiger partial charge in [-0.15, -0.1) is 23.1 Å². The van der Waals surface area contributed by atoms with Crippen LogP contribution >= 0.6 is 23.1 Å². The molecule has 0 spiro atoms. The summed E-state index contributed by atoms with van der Waals surface area (Å²) >= 11 is 3.26. The van der Waals surface area contributed by atoms with Crippen molar-refractivity contribution in [2.24, 2.45) is 5.92 Å². The zero-order valence-corrected chi connectivity index (χ0v) is 17.0. The van der Waals surface area contributed by atoms with Crippen molar-refractivity contribution in [3.05, 3.63) is 45.6 Å². The van der Waals surface area contributed by atoms with Gasteiger partial charge in [-0.25, -0.2) is 0 Å². The Balaban J connectivity index is 1.65. The van der Waals surface area contributed by atoms with Gasteiger partial charge in [-0.1, -0.05) is 19.1 Å². The van der Waals surface area contributed by atoms with E-state index in [9.17, 15) is 9.59 Å². The van der Waals surface area contributed by atoms with E-state index in [1.165, 1.54) is 15.3 Å². The molecule has 2 amide bonds. The maximum atomic E-state index is 12.8. The van der Waals surface area contributed by atoms with Crippen LogP contribution in [0.25, 0.3) is 0 Å². The van der Waals surface area contributed by atoms with Gasteiger partial charge < -0.3 is 10.2 Å². The third kappa shape index (κ3) is 4.13. The Hall–Kier alpha value is -1.79. The van der Waals surface area contributed by atoms with Crippen LogP contribution in [0.1, 0.15) is 34.1 Å². The van der Waals surface area contributed by atoms with Gasteiger partial charge in [0.25, 0.3) is 5.91 Å². The lowest BCUT2D eigenvalue weighted by atomic mass is 9.88. The summed E-state index contributed by atoms with van der Waals surface area (Å²) in [6.45, 7) is 2.30. The number of fused-ring (bicyclic) bond motifs is 1. The Kier molecular flexibility index (Phi) is 6.04. The fourth-order valence-corrected chi connectivity index (χ4v) is 5.08. The molecule has 1 unspecified atom stereocenters. The predicted molar refractivity (Wildman–Crippen MR) is 109 cm³/mol. The first-order valence-corrected chi connectivity index (χ1v) is 10.9. The van der Waals surface area contributed by atoms with Crippen molar-refractivity contribution in [2.75, 3.05) is 25.2 Å². The Morgan fingerprint density at radius 1 is 1.35 bits per heavy atom. The highest BCUT2D eigenvalue weighted by atomic mass is 32.2. The molecule has 1 aromatic carbocycles. The smallest absolute Gasteiger partial charge is 0.255 e. The summed E-state index contributed by atoms with van der Waals surface area (Å²) in [4.78, 5) is 29.1. The third-order valence-corrected chi connectivity index (χ3v) is 6.59. The Morgan fingerprint density at radius 2 is 2.12 bits per heavy atom. The number of carbonyl (C=O) groups is 2. The summed E-state index contributed by atoms with van der Waals surface area (Å²) in [6.07, 6.45) is 5.12. The molecule has 3 rings (SSSR count). The van der Waals surface area contributed by atoms with Crippen molar-refractivity contribution in [1.82, 2.24) is 4.90 Å². The van der Waals surface area contributed by atoms with Crippen LogP contribution in [0, 0.1) is 5.92 Å². The van der Waals surface area contributed by atoms with Crippen LogP contribution in [0.4, 0.5) is 5.69 Å².